The molecule has 1 heterocycles. The van der Waals surface area contributed by atoms with Gasteiger partial charge in [0, 0.05) is 11.1 Å². The van der Waals surface area contributed by atoms with Crippen molar-refractivity contribution in [1.29, 1.82) is 0 Å². The van der Waals surface area contributed by atoms with Gasteiger partial charge in [0.1, 0.15) is 18.1 Å². The number of para-hydroxylation sites is 1. The van der Waals surface area contributed by atoms with Gasteiger partial charge in [-0.2, -0.15) is 5.21 Å². The number of hydrogen-bond acceptors (Lipinski definition) is 8. The Bertz CT molecular complexity index is 1490. The van der Waals surface area contributed by atoms with Crippen LogP contribution >= 0.6 is 0 Å². The Morgan fingerprint density at radius 3 is 2.64 bits per heavy atom. The van der Waals surface area contributed by atoms with E-state index in [0.29, 0.717) is 34.5 Å². The summed E-state index contributed by atoms with van der Waals surface area (Å²) in [6, 6.07) is 16.3. The van der Waals surface area contributed by atoms with E-state index in [-0.39, 0.29) is 34.4 Å². The predicted octanol–water partition coefficient (Wildman–Crippen LogP) is 4.11. The zero-order valence-electron chi connectivity index (χ0n) is 19.7. The predicted molar refractivity (Wildman–Crippen MR) is 133 cm³/mol. The lowest BCUT2D eigenvalue weighted by Gasteiger charge is -2.15. The van der Waals surface area contributed by atoms with Crippen molar-refractivity contribution in [1.82, 2.24) is 20.6 Å². The van der Waals surface area contributed by atoms with Gasteiger partial charge < -0.3 is 9.84 Å². The number of aromatic amines is 1. The van der Waals surface area contributed by atoms with Crippen molar-refractivity contribution in [3.8, 4) is 22.9 Å². The van der Waals surface area contributed by atoms with Gasteiger partial charge in [0.05, 0.1) is 16.1 Å². The number of aromatic nitrogens is 4. The third kappa shape index (κ3) is 5.36. The number of tetrazole rings is 1. The highest BCUT2D eigenvalue weighted by molar-refractivity contribution is 7.92. The van der Waals surface area contributed by atoms with Crippen LogP contribution in [0.15, 0.2) is 65.6 Å². The lowest BCUT2D eigenvalue weighted by molar-refractivity contribution is 0.101. The Balaban J connectivity index is 1.56. The Kier molecular flexibility index (Phi) is 7.30. The number of ketones is 1. The summed E-state index contributed by atoms with van der Waals surface area (Å²) in [4.78, 5) is 11.8. The maximum atomic E-state index is 13.2. The van der Waals surface area contributed by atoms with Crippen molar-refractivity contribution in [2.45, 2.75) is 38.2 Å². The summed E-state index contributed by atoms with van der Waals surface area (Å²) in [7, 11) is -3.94. The lowest BCUT2D eigenvalue weighted by Crippen LogP contribution is -2.14. The molecule has 0 aliphatic rings. The molecule has 0 fully saturated rings. The van der Waals surface area contributed by atoms with E-state index in [0.717, 1.165) is 6.42 Å². The number of phenols is 1. The van der Waals surface area contributed by atoms with Crippen molar-refractivity contribution >= 4 is 21.5 Å². The number of anilines is 1. The van der Waals surface area contributed by atoms with Crippen molar-refractivity contribution in [2.24, 2.45) is 0 Å². The molecule has 0 bridgehead atoms. The summed E-state index contributed by atoms with van der Waals surface area (Å²) in [5.41, 5.74) is 2.19. The van der Waals surface area contributed by atoms with E-state index < -0.39 is 10.0 Å². The van der Waals surface area contributed by atoms with Crippen LogP contribution in [0.3, 0.4) is 0 Å². The van der Waals surface area contributed by atoms with Gasteiger partial charge in [-0.25, -0.2) is 8.42 Å². The number of phenolic OH excluding ortho intramolecular Hbond substituents is 1. The fourth-order valence-corrected chi connectivity index (χ4v) is 4.89. The van der Waals surface area contributed by atoms with E-state index in [4.69, 9.17) is 4.74 Å². The molecule has 3 aromatic carbocycles. The summed E-state index contributed by atoms with van der Waals surface area (Å²) in [5.74, 6) is 0.391. The second-order valence-electron chi connectivity index (χ2n) is 8.07. The van der Waals surface area contributed by atoms with Gasteiger partial charge in [-0.05, 0) is 60.5 Å². The molecule has 0 aliphatic heterocycles. The Morgan fingerprint density at radius 1 is 1.11 bits per heavy atom. The van der Waals surface area contributed by atoms with Crippen LogP contribution < -0.4 is 9.46 Å². The molecular weight excluding hydrogens is 482 g/mol. The number of nitrogens with one attached hydrogen (secondary N) is 2. The first kappa shape index (κ1) is 24.9. The zero-order valence-corrected chi connectivity index (χ0v) is 20.5. The molecular formula is C25H25N5O5S. The average Bonchev–Trinajstić information content (AvgIpc) is 3.39. The number of hydrogen-bond donors (Lipinski definition) is 3. The van der Waals surface area contributed by atoms with Crippen LogP contribution in [0.2, 0.25) is 0 Å². The first-order chi connectivity index (χ1) is 17.3. The standard InChI is InChI=1S/C25H25N5O5S/c1-3-7-21-23(13-12-19(16(2)31)24(21)32)35-15-17-8-6-9-18(14-17)36(33,34)28-22-11-5-4-10-20(22)25-26-29-30-27-25/h4-6,8-14,28,32H,3,7,15H2,1-2H3,(H,26,27,29,30). The number of rotatable bonds is 10. The topological polar surface area (TPSA) is 147 Å². The summed E-state index contributed by atoms with van der Waals surface area (Å²) >= 11 is 0. The van der Waals surface area contributed by atoms with Crippen molar-refractivity contribution in [2.75, 3.05) is 4.72 Å². The monoisotopic (exact) mass is 507 g/mol. The van der Waals surface area contributed by atoms with Gasteiger partial charge in [0.2, 0.25) is 5.82 Å². The number of Topliss-reactive ketones (excluding diaryl/α,β-unsaturated/α-hetero) is 1. The molecule has 10 nitrogen and oxygen atoms in total. The molecule has 0 unspecified atom stereocenters. The molecule has 0 saturated heterocycles. The first-order valence-corrected chi connectivity index (χ1v) is 12.7. The van der Waals surface area contributed by atoms with Gasteiger partial charge >= 0.3 is 0 Å². The Morgan fingerprint density at radius 2 is 1.92 bits per heavy atom. The highest BCUT2D eigenvalue weighted by Crippen LogP contribution is 2.33. The quantitative estimate of drug-likeness (QED) is 0.272. The molecule has 0 atom stereocenters. The number of benzene rings is 3. The maximum absolute atomic E-state index is 13.2. The molecule has 186 valence electrons. The fraction of sp³-hybridized carbons (Fsp3) is 0.200. The second-order valence-corrected chi connectivity index (χ2v) is 9.75. The molecule has 36 heavy (non-hydrogen) atoms. The molecule has 1 aromatic heterocycles. The summed E-state index contributed by atoms with van der Waals surface area (Å²) in [6.07, 6.45) is 1.27. The summed E-state index contributed by atoms with van der Waals surface area (Å²) < 4.78 is 34.8. The maximum Gasteiger partial charge on any atom is 0.261 e. The number of H-pyrrole nitrogens is 1. The normalized spacial score (nSPS) is 11.3. The molecule has 0 amide bonds. The van der Waals surface area contributed by atoms with E-state index >= 15 is 0 Å². The van der Waals surface area contributed by atoms with E-state index in [1.165, 1.54) is 25.1 Å². The van der Waals surface area contributed by atoms with Gasteiger partial charge in [-0.15, -0.1) is 10.2 Å². The van der Waals surface area contributed by atoms with Gasteiger partial charge in [0.25, 0.3) is 10.0 Å². The van der Waals surface area contributed by atoms with Gasteiger partial charge in [-0.1, -0.05) is 37.6 Å². The third-order valence-corrected chi connectivity index (χ3v) is 6.84. The number of ether oxygens (including phenoxy) is 1. The smallest absolute Gasteiger partial charge is 0.261 e. The number of nitrogens with zero attached hydrogens (tertiary/aromatic N) is 3. The number of carbonyl (C=O) groups excluding carboxylic acids is 1. The van der Waals surface area contributed by atoms with Gasteiger partial charge in [-0.3, -0.25) is 9.52 Å². The van der Waals surface area contributed by atoms with Crippen LogP contribution in [-0.2, 0) is 23.1 Å². The van der Waals surface area contributed by atoms with E-state index in [1.54, 1.807) is 42.5 Å². The highest BCUT2D eigenvalue weighted by Gasteiger charge is 2.19. The highest BCUT2D eigenvalue weighted by atomic mass is 32.2. The number of sulfonamides is 1. The zero-order chi connectivity index (χ0) is 25.7. The van der Waals surface area contributed by atoms with Crippen LogP contribution in [-0.4, -0.2) is 39.9 Å². The fourth-order valence-electron chi connectivity index (χ4n) is 3.74. The van der Waals surface area contributed by atoms with Crippen LogP contribution in [0, 0.1) is 0 Å². The number of carbonyl (C=O) groups is 1. The molecule has 0 spiro atoms. The van der Waals surface area contributed by atoms with Crippen molar-refractivity contribution in [3.63, 3.8) is 0 Å². The molecule has 0 saturated carbocycles. The third-order valence-electron chi connectivity index (χ3n) is 5.48. The van der Waals surface area contributed by atoms with Crippen LogP contribution in [0.25, 0.3) is 11.4 Å². The van der Waals surface area contributed by atoms with E-state index in [2.05, 4.69) is 25.3 Å². The average molecular weight is 508 g/mol. The van der Waals surface area contributed by atoms with Crippen molar-refractivity contribution in [3.05, 3.63) is 77.4 Å². The molecule has 0 radical (unpaired) electrons. The van der Waals surface area contributed by atoms with Crippen LogP contribution in [0.4, 0.5) is 5.69 Å². The molecule has 4 rings (SSSR count). The van der Waals surface area contributed by atoms with E-state index in [1.807, 2.05) is 6.92 Å². The van der Waals surface area contributed by atoms with Gasteiger partial charge in [0.15, 0.2) is 5.78 Å². The molecule has 3 N–H and O–H groups in total. The first-order valence-electron chi connectivity index (χ1n) is 11.2. The SMILES string of the molecule is CCCc1c(OCc2cccc(S(=O)(=O)Nc3ccccc3-c3nn[nH]n3)c2)ccc(C(C)=O)c1O. The number of aromatic hydroxyl groups is 1. The molecule has 4 aromatic rings. The minimum atomic E-state index is -3.94. The summed E-state index contributed by atoms with van der Waals surface area (Å²) in [6.45, 7) is 3.42. The van der Waals surface area contributed by atoms with Crippen LogP contribution in [0.5, 0.6) is 11.5 Å². The second kappa shape index (κ2) is 10.6. The van der Waals surface area contributed by atoms with Crippen molar-refractivity contribution < 1.29 is 23.1 Å². The summed E-state index contributed by atoms with van der Waals surface area (Å²) in [5, 5.41) is 24.3. The Hall–Kier alpha value is -4.25. The largest absolute Gasteiger partial charge is 0.507 e. The molecule has 0 aliphatic carbocycles. The van der Waals surface area contributed by atoms with E-state index in [9.17, 15) is 18.3 Å². The lowest BCUT2D eigenvalue weighted by atomic mass is 10.0. The van der Waals surface area contributed by atoms with Crippen LogP contribution in [0.1, 0.15) is 41.8 Å². The minimum Gasteiger partial charge on any atom is -0.507 e. The Labute approximate surface area is 208 Å². The molecule has 11 heteroatoms. The minimum absolute atomic E-state index is 0.0510.